The van der Waals surface area contributed by atoms with Gasteiger partial charge in [-0.15, -0.1) is 0 Å². The highest BCUT2D eigenvalue weighted by Crippen LogP contribution is 2.25. The molecule has 3 rings (SSSR count). The minimum atomic E-state index is -3.12. The van der Waals surface area contributed by atoms with E-state index in [0.717, 1.165) is 6.07 Å². The van der Waals surface area contributed by atoms with Gasteiger partial charge in [0, 0.05) is 13.1 Å². The molecule has 0 saturated carbocycles. The molecule has 0 aliphatic rings. The molecule has 29 heavy (non-hydrogen) atoms. The molecule has 0 bridgehead atoms. The van der Waals surface area contributed by atoms with Crippen LogP contribution < -0.4 is 5.32 Å². The molecule has 0 atom stereocenters. The van der Waals surface area contributed by atoms with Gasteiger partial charge in [0.15, 0.2) is 11.3 Å². The van der Waals surface area contributed by atoms with E-state index in [-0.39, 0.29) is 29.3 Å². The minimum Gasteiger partial charge on any atom is -0.462 e. The Labute approximate surface area is 160 Å². The molecule has 0 aromatic carbocycles. The summed E-state index contributed by atoms with van der Waals surface area (Å²) in [5, 5.41) is 9.97. The summed E-state index contributed by atoms with van der Waals surface area (Å²) in [6, 6.07) is 1.50. The Hall–Kier alpha value is -3.51. The van der Waals surface area contributed by atoms with Gasteiger partial charge in [-0.3, -0.25) is 9.48 Å². The highest BCUT2D eigenvalue weighted by molar-refractivity contribution is 6.06. The van der Waals surface area contributed by atoms with Crippen molar-refractivity contribution >= 4 is 23.3 Å². The van der Waals surface area contributed by atoms with Crippen molar-refractivity contribution in [1.82, 2.24) is 24.4 Å². The first kappa shape index (κ1) is 20.2. The third kappa shape index (κ3) is 3.88. The van der Waals surface area contributed by atoms with Crippen molar-refractivity contribution in [3.05, 3.63) is 41.0 Å². The van der Waals surface area contributed by atoms with Crippen LogP contribution in [0.5, 0.6) is 0 Å². The van der Waals surface area contributed by atoms with Crippen LogP contribution >= 0.6 is 0 Å². The molecule has 9 nitrogen and oxygen atoms in total. The number of hydrogen-bond donors (Lipinski definition) is 1. The lowest BCUT2D eigenvalue weighted by Gasteiger charge is -2.07. The van der Waals surface area contributed by atoms with Crippen LogP contribution in [0, 0.1) is 0 Å². The fraction of sp³-hybridized carbons (Fsp3) is 0.312. The number of aromatic nitrogens is 5. The van der Waals surface area contributed by atoms with E-state index in [1.807, 2.05) is 0 Å². The Bertz CT molecular complexity index is 1080. The van der Waals surface area contributed by atoms with E-state index in [9.17, 15) is 27.2 Å². The number of aryl methyl sites for hydroxylation is 1. The Morgan fingerprint density at radius 3 is 2.55 bits per heavy atom. The summed E-state index contributed by atoms with van der Waals surface area (Å²) in [6.07, 6.45) is -5.02. The van der Waals surface area contributed by atoms with Gasteiger partial charge in [0.2, 0.25) is 0 Å². The molecule has 1 amide bonds. The quantitative estimate of drug-likeness (QED) is 0.492. The maximum absolute atomic E-state index is 13.2. The van der Waals surface area contributed by atoms with Crippen molar-refractivity contribution in [2.45, 2.75) is 19.8 Å². The van der Waals surface area contributed by atoms with Gasteiger partial charge in [-0.1, -0.05) is 0 Å². The standard InChI is InChI=1S/C16H14F4N6O3/c1-3-29-16(28)7-6-21-25(2)14(7)23-15(27)9-5-11-22-8(12(17)18)4-10(13(19)20)26(11)24-9/h4-6,12-13H,3H2,1-2H3,(H,23,27). The van der Waals surface area contributed by atoms with Gasteiger partial charge in [-0.2, -0.15) is 10.2 Å². The van der Waals surface area contributed by atoms with Crippen molar-refractivity contribution in [2.75, 3.05) is 11.9 Å². The molecule has 3 aromatic heterocycles. The molecule has 0 unspecified atom stereocenters. The number of amides is 1. The maximum Gasteiger partial charge on any atom is 0.343 e. The fourth-order valence-electron chi connectivity index (χ4n) is 2.51. The summed E-state index contributed by atoms with van der Waals surface area (Å²) in [7, 11) is 1.45. The highest BCUT2D eigenvalue weighted by Gasteiger charge is 2.24. The number of esters is 1. The number of fused-ring (bicyclic) bond motifs is 1. The number of nitrogens with zero attached hydrogens (tertiary/aromatic N) is 5. The second kappa shape index (κ2) is 7.85. The predicted octanol–water partition coefficient (Wildman–Crippen LogP) is 2.77. The van der Waals surface area contributed by atoms with Gasteiger partial charge in [0.1, 0.15) is 22.8 Å². The molecule has 0 fully saturated rings. The largest absolute Gasteiger partial charge is 0.462 e. The van der Waals surface area contributed by atoms with Crippen LogP contribution in [0.15, 0.2) is 18.3 Å². The Morgan fingerprint density at radius 2 is 1.93 bits per heavy atom. The van der Waals surface area contributed by atoms with E-state index in [1.165, 1.54) is 17.9 Å². The molecule has 0 aliphatic heterocycles. The molecule has 13 heteroatoms. The lowest BCUT2D eigenvalue weighted by molar-refractivity contribution is 0.0527. The topological polar surface area (TPSA) is 103 Å². The summed E-state index contributed by atoms with van der Waals surface area (Å²) in [4.78, 5) is 28.0. The minimum absolute atomic E-state index is 0.0131. The molecule has 154 valence electrons. The third-order valence-electron chi connectivity index (χ3n) is 3.82. The van der Waals surface area contributed by atoms with Crippen LogP contribution in [0.25, 0.3) is 5.65 Å². The van der Waals surface area contributed by atoms with E-state index in [4.69, 9.17) is 4.74 Å². The summed E-state index contributed by atoms with van der Waals surface area (Å²) in [6.45, 7) is 1.70. The molecule has 3 aromatic rings. The van der Waals surface area contributed by atoms with Crippen LogP contribution in [-0.4, -0.2) is 42.9 Å². The number of carbonyl (C=O) groups is 2. The van der Waals surface area contributed by atoms with Crippen molar-refractivity contribution in [3.63, 3.8) is 0 Å². The third-order valence-corrected chi connectivity index (χ3v) is 3.82. The number of nitrogens with one attached hydrogen (secondary N) is 1. The molecule has 0 radical (unpaired) electrons. The van der Waals surface area contributed by atoms with Gasteiger partial charge in [0.05, 0.1) is 12.8 Å². The molecule has 0 spiro atoms. The SMILES string of the molecule is CCOC(=O)c1cnn(C)c1NC(=O)c1cc2nc(C(F)F)cc(C(F)F)n2n1. The Morgan fingerprint density at radius 1 is 1.21 bits per heavy atom. The first-order chi connectivity index (χ1) is 13.7. The zero-order chi connectivity index (χ0) is 21.3. The van der Waals surface area contributed by atoms with Crippen LogP contribution in [0.2, 0.25) is 0 Å². The van der Waals surface area contributed by atoms with E-state index in [0.29, 0.717) is 10.6 Å². The number of anilines is 1. The first-order valence-corrected chi connectivity index (χ1v) is 8.20. The maximum atomic E-state index is 13.2. The zero-order valence-corrected chi connectivity index (χ0v) is 15.1. The second-order valence-electron chi connectivity index (χ2n) is 5.71. The number of rotatable bonds is 6. The van der Waals surface area contributed by atoms with E-state index in [2.05, 4.69) is 20.5 Å². The first-order valence-electron chi connectivity index (χ1n) is 8.20. The van der Waals surface area contributed by atoms with Crippen molar-refractivity contribution < 1.29 is 31.9 Å². The Balaban J connectivity index is 1.98. The van der Waals surface area contributed by atoms with Crippen LogP contribution in [0.4, 0.5) is 23.4 Å². The van der Waals surface area contributed by atoms with Gasteiger partial charge >= 0.3 is 5.97 Å². The summed E-state index contributed by atoms with van der Waals surface area (Å²) in [5.74, 6) is -1.63. The summed E-state index contributed by atoms with van der Waals surface area (Å²) in [5.41, 5.74) is -2.45. The van der Waals surface area contributed by atoms with E-state index < -0.39 is 36.1 Å². The van der Waals surface area contributed by atoms with Gasteiger partial charge in [0.25, 0.3) is 18.8 Å². The molecule has 3 heterocycles. The van der Waals surface area contributed by atoms with Crippen molar-refractivity contribution in [2.24, 2.45) is 7.05 Å². The number of alkyl halides is 4. The average molecular weight is 414 g/mol. The highest BCUT2D eigenvalue weighted by atomic mass is 19.3. The van der Waals surface area contributed by atoms with Gasteiger partial charge in [-0.05, 0) is 13.0 Å². The van der Waals surface area contributed by atoms with Gasteiger partial charge < -0.3 is 10.1 Å². The molecule has 0 aliphatic carbocycles. The smallest absolute Gasteiger partial charge is 0.343 e. The second-order valence-corrected chi connectivity index (χ2v) is 5.71. The zero-order valence-electron chi connectivity index (χ0n) is 15.1. The van der Waals surface area contributed by atoms with Crippen LogP contribution in [-0.2, 0) is 11.8 Å². The molecular weight excluding hydrogens is 400 g/mol. The lowest BCUT2D eigenvalue weighted by atomic mass is 10.3. The number of ether oxygens (including phenoxy) is 1. The molecule has 1 N–H and O–H groups in total. The normalized spacial score (nSPS) is 11.4. The van der Waals surface area contributed by atoms with E-state index >= 15 is 0 Å². The lowest BCUT2D eigenvalue weighted by Crippen LogP contribution is -2.18. The van der Waals surface area contributed by atoms with Crippen molar-refractivity contribution in [3.8, 4) is 0 Å². The molecule has 0 saturated heterocycles. The van der Waals surface area contributed by atoms with Gasteiger partial charge in [-0.25, -0.2) is 31.9 Å². The number of carbonyl (C=O) groups excluding carboxylic acids is 2. The number of hydrogen-bond acceptors (Lipinski definition) is 6. The average Bonchev–Trinajstić information content (AvgIpc) is 3.25. The van der Waals surface area contributed by atoms with Crippen molar-refractivity contribution in [1.29, 1.82) is 0 Å². The monoisotopic (exact) mass is 414 g/mol. The summed E-state index contributed by atoms with van der Waals surface area (Å²) < 4.78 is 59.0. The fourth-order valence-corrected chi connectivity index (χ4v) is 2.51. The molecular formula is C16H14F4N6O3. The summed E-state index contributed by atoms with van der Waals surface area (Å²) >= 11 is 0. The predicted molar refractivity (Wildman–Crippen MR) is 90.0 cm³/mol. The number of halogens is 4. The Kier molecular flexibility index (Phi) is 5.48. The van der Waals surface area contributed by atoms with Crippen LogP contribution in [0.1, 0.15) is 52.0 Å². The van der Waals surface area contributed by atoms with E-state index in [1.54, 1.807) is 6.92 Å². The van der Waals surface area contributed by atoms with Crippen LogP contribution in [0.3, 0.4) is 0 Å².